The SMILES string of the molecule is O=C(CNCC1CCOC1)Nc1ccccc1Cl. The molecule has 0 aromatic heterocycles. The lowest BCUT2D eigenvalue weighted by Gasteiger charge is -2.10. The Morgan fingerprint density at radius 3 is 3.00 bits per heavy atom. The average Bonchev–Trinajstić information content (AvgIpc) is 2.85. The van der Waals surface area contributed by atoms with Crippen LogP contribution in [0, 0.1) is 5.92 Å². The lowest BCUT2D eigenvalue weighted by Crippen LogP contribution is -2.32. The first-order valence-electron chi connectivity index (χ1n) is 6.08. The molecular formula is C13H17ClN2O2. The van der Waals surface area contributed by atoms with Crippen molar-refractivity contribution in [3.63, 3.8) is 0 Å². The van der Waals surface area contributed by atoms with Crippen LogP contribution in [0.2, 0.25) is 5.02 Å². The second-order valence-electron chi connectivity index (χ2n) is 4.39. The zero-order valence-electron chi connectivity index (χ0n) is 10.1. The molecule has 1 saturated heterocycles. The molecule has 4 nitrogen and oxygen atoms in total. The molecule has 1 fully saturated rings. The highest BCUT2D eigenvalue weighted by Crippen LogP contribution is 2.20. The van der Waals surface area contributed by atoms with Gasteiger partial charge in [-0.15, -0.1) is 0 Å². The third-order valence-corrected chi connectivity index (χ3v) is 3.22. The first-order chi connectivity index (χ1) is 8.75. The molecule has 0 aliphatic carbocycles. The first kappa shape index (κ1) is 13.3. The number of halogens is 1. The summed E-state index contributed by atoms with van der Waals surface area (Å²) in [7, 11) is 0. The summed E-state index contributed by atoms with van der Waals surface area (Å²) in [5.74, 6) is 0.445. The number of ether oxygens (including phenoxy) is 1. The molecule has 1 aliphatic rings. The average molecular weight is 269 g/mol. The first-order valence-corrected chi connectivity index (χ1v) is 6.46. The Hall–Kier alpha value is -1.10. The monoisotopic (exact) mass is 268 g/mol. The van der Waals surface area contributed by atoms with Crippen molar-refractivity contribution < 1.29 is 9.53 Å². The standard InChI is InChI=1S/C13H17ClN2O2/c14-11-3-1-2-4-12(11)16-13(17)8-15-7-10-5-6-18-9-10/h1-4,10,15H,5-9H2,(H,16,17). The summed E-state index contributed by atoms with van der Waals surface area (Å²) >= 11 is 5.95. The molecule has 1 aromatic rings. The Morgan fingerprint density at radius 1 is 1.44 bits per heavy atom. The number of carbonyl (C=O) groups excluding carboxylic acids is 1. The van der Waals surface area contributed by atoms with E-state index < -0.39 is 0 Å². The molecule has 1 unspecified atom stereocenters. The Bertz CT molecular complexity index is 406. The van der Waals surface area contributed by atoms with E-state index in [0.717, 1.165) is 26.2 Å². The molecule has 1 atom stereocenters. The maximum absolute atomic E-state index is 11.7. The summed E-state index contributed by atoms with van der Waals surface area (Å²) in [4.78, 5) is 11.7. The fourth-order valence-electron chi connectivity index (χ4n) is 1.89. The van der Waals surface area contributed by atoms with Crippen LogP contribution < -0.4 is 10.6 Å². The predicted octanol–water partition coefficient (Wildman–Crippen LogP) is 1.90. The van der Waals surface area contributed by atoms with Crippen LogP contribution in [-0.4, -0.2) is 32.2 Å². The van der Waals surface area contributed by atoms with Gasteiger partial charge in [-0.1, -0.05) is 23.7 Å². The van der Waals surface area contributed by atoms with Gasteiger partial charge in [0, 0.05) is 13.2 Å². The van der Waals surface area contributed by atoms with Crippen molar-refractivity contribution in [2.75, 3.05) is 31.6 Å². The minimum absolute atomic E-state index is 0.0815. The molecule has 5 heteroatoms. The van der Waals surface area contributed by atoms with Gasteiger partial charge in [-0.05, 0) is 24.5 Å². The van der Waals surface area contributed by atoms with Crippen LogP contribution >= 0.6 is 11.6 Å². The molecule has 2 N–H and O–H groups in total. The fraction of sp³-hybridized carbons (Fsp3) is 0.462. The van der Waals surface area contributed by atoms with Crippen molar-refractivity contribution in [2.45, 2.75) is 6.42 Å². The van der Waals surface area contributed by atoms with Crippen LogP contribution in [-0.2, 0) is 9.53 Å². The van der Waals surface area contributed by atoms with Crippen molar-refractivity contribution >= 4 is 23.2 Å². The van der Waals surface area contributed by atoms with E-state index in [2.05, 4.69) is 10.6 Å². The zero-order chi connectivity index (χ0) is 12.8. The molecule has 0 saturated carbocycles. The number of amides is 1. The number of rotatable bonds is 5. The van der Waals surface area contributed by atoms with Gasteiger partial charge in [-0.3, -0.25) is 4.79 Å². The predicted molar refractivity (Wildman–Crippen MR) is 71.9 cm³/mol. The van der Waals surface area contributed by atoms with E-state index in [0.29, 0.717) is 23.2 Å². The number of anilines is 1. The van der Waals surface area contributed by atoms with Gasteiger partial charge in [-0.25, -0.2) is 0 Å². The van der Waals surface area contributed by atoms with E-state index in [4.69, 9.17) is 16.3 Å². The van der Waals surface area contributed by atoms with Gasteiger partial charge in [0.05, 0.1) is 23.9 Å². The highest BCUT2D eigenvalue weighted by Gasteiger charge is 2.15. The highest BCUT2D eigenvalue weighted by atomic mass is 35.5. The largest absolute Gasteiger partial charge is 0.381 e. The number of benzene rings is 1. The number of carbonyl (C=O) groups is 1. The van der Waals surface area contributed by atoms with Gasteiger partial charge in [-0.2, -0.15) is 0 Å². The van der Waals surface area contributed by atoms with Gasteiger partial charge in [0.15, 0.2) is 0 Å². The molecule has 1 amide bonds. The third kappa shape index (κ3) is 3.98. The van der Waals surface area contributed by atoms with Crippen molar-refractivity contribution in [3.05, 3.63) is 29.3 Å². The van der Waals surface area contributed by atoms with E-state index in [9.17, 15) is 4.79 Å². The number of hydrogen-bond acceptors (Lipinski definition) is 3. The Labute approximate surface area is 112 Å². The number of para-hydroxylation sites is 1. The fourth-order valence-corrected chi connectivity index (χ4v) is 2.07. The minimum atomic E-state index is -0.0815. The van der Waals surface area contributed by atoms with E-state index in [-0.39, 0.29) is 5.91 Å². The highest BCUT2D eigenvalue weighted by molar-refractivity contribution is 6.33. The topological polar surface area (TPSA) is 50.4 Å². The molecule has 98 valence electrons. The normalized spacial score (nSPS) is 18.8. The maximum atomic E-state index is 11.7. The lowest BCUT2D eigenvalue weighted by molar-refractivity contribution is -0.115. The molecule has 1 aromatic carbocycles. The van der Waals surface area contributed by atoms with Gasteiger partial charge in [0.25, 0.3) is 0 Å². The molecule has 1 heterocycles. The van der Waals surface area contributed by atoms with Crippen LogP contribution in [0.1, 0.15) is 6.42 Å². The van der Waals surface area contributed by atoms with Gasteiger partial charge in [0.1, 0.15) is 0 Å². The van der Waals surface area contributed by atoms with Gasteiger partial charge < -0.3 is 15.4 Å². The lowest BCUT2D eigenvalue weighted by atomic mass is 10.1. The van der Waals surface area contributed by atoms with Gasteiger partial charge in [0.2, 0.25) is 5.91 Å². The van der Waals surface area contributed by atoms with E-state index >= 15 is 0 Å². The van der Waals surface area contributed by atoms with E-state index in [1.165, 1.54) is 0 Å². The van der Waals surface area contributed by atoms with Crippen molar-refractivity contribution in [2.24, 2.45) is 5.92 Å². The Balaban J connectivity index is 1.70. The maximum Gasteiger partial charge on any atom is 0.238 e. The third-order valence-electron chi connectivity index (χ3n) is 2.89. The Kier molecular flexibility index (Phi) is 4.99. The van der Waals surface area contributed by atoms with Crippen molar-refractivity contribution in [3.8, 4) is 0 Å². The summed E-state index contributed by atoms with van der Waals surface area (Å²) < 4.78 is 5.27. The molecular weight excluding hydrogens is 252 g/mol. The Morgan fingerprint density at radius 2 is 2.28 bits per heavy atom. The van der Waals surface area contributed by atoms with E-state index in [1.807, 2.05) is 12.1 Å². The van der Waals surface area contributed by atoms with Crippen molar-refractivity contribution in [1.29, 1.82) is 0 Å². The van der Waals surface area contributed by atoms with Crippen LogP contribution in [0.4, 0.5) is 5.69 Å². The second-order valence-corrected chi connectivity index (χ2v) is 4.80. The molecule has 18 heavy (non-hydrogen) atoms. The zero-order valence-corrected chi connectivity index (χ0v) is 10.9. The molecule has 0 radical (unpaired) electrons. The van der Waals surface area contributed by atoms with Crippen molar-refractivity contribution in [1.82, 2.24) is 5.32 Å². The van der Waals surface area contributed by atoms with Crippen LogP contribution in [0.5, 0.6) is 0 Å². The smallest absolute Gasteiger partial charge is 0.238 e. The summed E-state index contributed by atoms with van der Waals surface area (Å²) in [6.45, 7) is 2.73. The molecule has 1 aliphatic heterocycles. The van der Waals surface area contributed by atoms with Crippen LogP contribution in [0.3, 0.4) is 0 Å². The summed E-state index contributed by atoms with van der Waals surface area (Å²) in [5, 5.41) is 6.45. The summed E-state index contributed by atoms with van der Waals surface area (Å²) in [5.41, 5.74) is 0.648. The summed E-state index contributed by atoms with van der Waals surface area (Å²) in [6.07, 6.45) is 1.07. The van der Waals surface area contributed by atoms with Crippen LogP contribution in [0.15, 0.2) is 24.3 Å². The van der Waals surface area contributed by atoms with Gasteiger partial charge >= 0.3 is 0 Å². The summed E-state index contributed by atoms with van der Waals surface area (Å²) in [6, 6.07) is 7.20. The second kappa shape index (κ2) is 6.73. The van der Waals surface area contributed by atoms with E-state index in [1.54, 1.807) is 12.1 Å². The quantitative estimate of drug-likeness (QED) is 0.858. The number of hydrogen-bond donors (Lipinski definition) is 2. The van der Waals surface area contributed by atoms with Crippen LogP contribution in [0.25, 0.3) is 0 Å². The molecule has 2 rings (SSSR count). The molecule has 0 bridgehead atoms. The minimum Gasteiger partial charge on any atom is -0.381 e. The molecule has 0 spiro atoms. The number of nitrogens with one attached hydrogen (secondary N) is 2.